The predicted molar refractivity (Wildman–Crippen MR) is 68.3 cm³/mol. The van der Waals surface area contributed by atoms with Gasteiger partial charge in [0.15, 0.2) is 0 Å². The van der Waals surface area contributed by atoms with Crippen molar-refractivity contribution in [2.75, 3.05) is 0 Å². The van der Waals surface area contributed by atoms with Crippen molar-refractivity contribution in [3.63, 3.8) is 0 Å². The largest absolute Gasteiger partial charge is 0.478 e. The van der Waals surface area contributed by atoms with Crippen LogP contribution >= 0.6 is 0 Å². The van der Waals surface area contributed by atoms with Gasteiger partial charge in [0.1, 0.15) is 0 Å². The van der Waals surface area contributed by atoms with E-state index in [4.69, 9.17) is 5.11 Å². The number of allylic oxidation sites excluding steroid dienone is 7. The number of carbonyl (C=O) groups is 1. The van der Waals surface area contributed by atoms with Crippen LogP contribution < -0.4 is 0 Å². The highest BCUT2D eigenvalue weighted by Gasteiger charge is 1.80. The van der Waals surface area contributed by atoms with Crippen LogP contribution in [0.4, 0.5) is 0 Å². The second kappa shape index (κ2) is 11.5. The zero-order valence-corrected chi connectivity index (χ0v) is 9.80. The lowest BCUT2D eigenvalue weighted by Gasteiger charge is -1.85. The van der Waals surface area contributed by atoms with Gasteiger partial charge >= 0.3 is 5.97 Å². The normalized spacial score (nSPS) is 12.6. The van der Waals surface area contributed by atoms with Crippen LogP contribution in [0.25, 0.3) is 0 Å². The number of unbranched alkanes of at least 4 members (excludes halogenated alkanes) is 1. The number of carboxylic acids is 1. The summed E-state index contributed by atoms with van der Waals surface area (Å²) in [5.74, 6) is -0.910. The molecule has 16 heavy (non-hydrogen) atoms. The van der Waals surface area contributed by atoms with Gasteiger partial charge in [0.25, 0.3) is 0 Å². The number of hydrogen-bond acceptors (Lipinski definition) is 1. The van der Waals surface area contributed by atoms with Crippen molar-refractivity contribution in [2.24, 2.45) is 0 Å². The molecule has 0 spiro atoms. The van der Waals surface area contributed by atoms with Crippen LogP contribution in [-0.2, 0) is 4.79 Å². The fraction of sp³-hybridized carbons (Fsp3) is 0.357. The third-order valence-electron chi connectivity index (χ3n) is 1.83. The first kappa shape index (κ1) is 14.4. The van der Waals surface area contributed by atoms with E-state index in [9.17, 15) is 4.79 Å². The summed E-state index contributed by atoms with van der Waals surface area (Å²) in [6, 6.07) is 0. The summed E-state index contributed by atoms with van der Waals surface area (Å²) in [6.07, 6.45) is 19.0. The lowest BCUT2D eigenvalue weighted by molar-refractivity contribution is -0.131. The molecule has 2 nitrogen and oxygen atoms in total. The van der Waals surface area contributed by atoms with E-state index in [0.29, 0.717) is 0 Å². The van der Waals surface area contributed by atoms with Gasteiger partial charge in [-0.1, -0.05) is 49.5 Å². The lowest BCUT2D eigenvalue weighted by atomic mass is 10.2. The van der Waals surface area contributed by atoms with E-state index < -0.39 is 5.97 Å². The molecule has 0 aromatic heterocycles. The molecule has 0 amide bonds. The van der Waals surface area contributed by atoms with Gasteiger partial charge in [0.2, 0.25) is 0 Å². The van der Waals surface area contributed by atoms with Gasteiger partial charge < -0.3 is 5.11 Å². The van der Waals surface area contributed by atoms with Crippen LogP contribution in [0.5, 0.6) is 0 Å². The van der Waals surface area contributed by atoms with Gasteiger partial charge in [-0.25, -0.2) is 4.79 Å². The van der Waals surface area contributed by atoms with E-state index in [1.165, 1.54) is 6.08 Å². The van der Waals surface area contributed by atoms with E-state index in [1.54, 1.807) is 6.08 Å². The second-order valence-corrected chi connectivity index (χ2v) is 3.29. The molecule has 0 saturated heterocycles. The topological polar surface area (TPSA) is 37.3 Å². The van der Waals surface area contributed by atoms with Crippen molar-refractivity contribution in [2.45, 2.75) is 32.6 Å². The molecule has 0 radical (unpaired) electrons. The van der Waals surface area contributed by atoms with Crippen LogP contribution in [0.2, 0.25) is 0 Å². The van der Waals surface area contributed by atoms with Crippen molar-refractivity contribution >= 4 is 5.97 Å². The maximum Gasteiger partial charge on any atom is 0.328 e. The Kier molecular flexibility index (Phi) is 10.4. The molecule has 0 atom stereocenters. The fourth-order valence-corrected chi connectivity index (χ4v) is 1.06. The molecule has 0 unspecified atom stereocenters. The number of carboxylic acid groups (broad SMARTS) is 1. The third-order valence-corrected chi connectivity index (χ3v) is 1.83. The van der Waals surface area contributed by atoms with Crippen molar-refractivity contribution in [1.82, 2.24) is 0 Å². The van der Waals surface area contributed by atoms with Crippen LogP contribution in [0.3, 0.4) is 0 Å². The molecule has 0 heterocycles. The molecule has 0 aliphatic rings. The lowest BCUT2D eigenvalue weighted by Crippen LogP contribution is -1.84. The molecule has 0 fully saturated rings. The SMILES string of the molecule is CCC=CCC=CCCC=CC=CC(=O)O. The first-order valence-corrected chi connectivity index (χ1v) is 5.63. The van der Waals surface area contributed by atoms with Crippen LogP contribution in [-0.4, -0.2) is 11.1 Å². The maximum atomic E-state index is 10.1. The van der Waals surface area contributed by atoms with Gasteiger partial charge in [-0.15, -0.1) is 0 Å². The Bertz CT molecular complexity index is 283. The van der Waals surface area contributed by atoms with Crippen LogP contribution in [0.15, 0.2) is 48.6 Å². The summed E-state index contributed by atoms with van der Waals surface area (Å²) < 4.78 is 0. The molecule has 0 aromatic rings. The Morgan fingerprint density at radius 2 is 1.69 bits per heavy atom. The molecule has 0 aromatic carbocycles. The van der Waals surface area contributed by atoms with Crippen LogP contribution in [0, 0.1) is 0 Å². The molecular weight excluding hydrogens is 200 g/mol. The molecule has 0 rings (SSSR count). The summed E-state index contributed by atoms with van der Waals surface area (Å²) in [5.41, 5.74) is 0. The summed E-state index contributed by atoms with van der Waals surface area (Å²) in [5, 5.41) is 8.32. The summed E-state index contributed by atoms with van der Waals surface area (Å²) in [4.78, 5) is 10.1. The monoisotopic (exact) mass is 220 g/mol. The molecule has 1 N–H and O–H groups in total. The first-order chi connectivity index (χ1) is 7.77. The van der Waals surface area contributed by atoms with E-state index in [-0.39, 0.29) is 0 Å². The second-order valence-electron chi connectivity index (χ2n) is 3.29. The third kappa shape index (κ3) is 12.4. The first-order valence-electron chi connectivity index (χ1n) is 5.63. The quantitative estimate of drug-likeness (QED) is 0.292. The summed E-state index contributed by atoms with van der Waals surface area (Å²) in [6.45, 7) is 2.12. The highest BCUT2D eigenvalue weighted by atomic mass is 16.4. The van der Waals surface area contributed by atoms with Crippen LogP contribution in [0.1, 0.15) is 32.6 Å². The van der Waals surface area contributed by atoms with Crippen molar-refractivity contribution in [3.8, 4) is 0 Å². The van der Waals surface area contributed by atoms with Crippen molar-refractivity contribution in [3.05, 3.63) is 48.6 Å². The standard InChI is InChI=1S/C14H20O2/c1-2-3-4-5-6-7-8-9-10-11-12-13-14(15)16/h3-4,6-7,10-13H,2,5,8-9H2,1H3,(H,15,16). The summed E-state index contributed by atoms with van der Waals surface area (Å²) in [7, 11) is 0. The Hall–Kier alpha value is -1.57. The van der Waals surface area contributed by atoms with E-state index >= 15 is 0 Å². The Morgan fingerprint density at radius 1 is 1.00 bits per heavy atom. The molecule has 2 heteroatoms. The molecule has 88 valence electrons. The smallest absolute Gasteiger partial charge is 0.328 e. The molecule has 0 bridgehead atoms. The van der Waals surface area contributed by atoms with E-state index in [1.807, 2.05) is 6.08 Å². The number of hydrogen-bond donors (Lipinski definition) is 1. The molecule has 0 saturated carbocycles. The Morgan fingerprint density at radius 3 is 2.38 bits per heavy atom. The number of aliphatic carboxylic acids is 1. The van der Waals surface area contributed by atoms with Crippen molar-refractivity contribution in [1.29, 1.82) is 0 Å². The van der Waals surface area contributed by atoms with E-state index in [2.05, 4.69) is 31.2 Å². The average molecular weight is 220 g/mol. The predicted octanol–water partition coefficient (Wildman–Crippen LogP) is 3.88. The average Bonchev–Trinajstić information content (AvgIpc) is 2.25. The number of rotatable bonds is 8. The Labute approximate surface area is 97.7 Å². The zero-order chi connectivity index (χ0) is 12.1. The fourth-order valence-electron chi connectivity index (χ4n) is 1.06. The van der Waals surface area contributed by atoms with E-state index in [0.717, 1.165) is 31.8 Å². The minimum absolute atomic E-state index is 0.910. The molecule has 0 aliphatic carbocycles. The maximum absolute atomic E-state index is 10.1. The minimum Gasteiger partial charge on any atom is -0.478 e. The molecule has 0 aliphatic heterocycles. The highest BCUT2D eigenvalue weighted by Crippen LogP contribution is 1.96. The van der Waals surface area contributed by atoms with Gasteiger partial charge in [0.05, 0.1) is 0 Å². The van der Waals surface area contributed by atoms with Gasteiger partial charge in [0, 0.05) is 6.08 Å². The highest BCUT2D eigenvalue weighted by molar-refractivity contribution is 5.80. The summed E-state index contributed by atoms with van der Waals surface area (Å²) >= 11 is 0. The van der Waals surface area contributed by atoms with Gasteiger partial charge in [-0.2, -0.15) is 0 Å². The molecular formula is C14H20O2. The Balaban J connectivity index is 3.45. The van der Waals surface area contributed by atoms with Gasteiger partial charge in [-0.3, -0.25) is 0 Å². The minimum atomic E-state index is -0.910. The van der Waals surface area contributed by atoms with Crippen molar-refractivity contribution < 1.29 is 9.90 Å². The zero-order valence-electron chi connectivity index (χ0n) is 9.80. The van der Waals surface area contributed by atoms with Gasteiger partial charge in [-0.05, 0) is 25.7 Å².